The second-order valence-corrected chi connectivity index (χ2v) is 7.21. The summed E-state index contributed by atoms with van der Waals surface area (Å²) in [5.74, 6) is 1.52. The van der Waals surface area contributed by atoms with E-state index < -0.39 is 6.09 Å². The number of hydrogen-bond donors (Lipinski definition) is 2. The van der Waals surface area contributed by atoms with Crippen molar-refractivity contribution in [3.05, 3.63) is 66.2 Å². The number of nitrogens with zero attached hydrogens (tertiary/aromatic N) is 1. The molecule has 1 amide bonds. The van der Waals surface area contributed by atoms with E-state index in [4.69, 9.17) is 19.2 Å². The fourth-order valence-electron chi connectivity index (χ4n) is 3.52. The summed E-state index contributed by atoms with van der Waals surface area (Å²) < 4.78 is 15.9. The van der Waals surface area contributed by atoms with Gasteiger partial charge in [-0.05, 0) is 48.0 Å². The molecular formula is C25H25N3O4. The van der Waals surface area contributed by atoms with Crippen LogP contribution in [0.4, 0.5) is 16.2 Å². The Morgan fingerprint density at radius 1 is 0.875 bits per heavy atom. The molecular weight excluding hydrogens is 406 g/mol. The molecule has 3 aromatic carbocycles. The van der Waals surface area contributed by atoms with Gasteiger partial charge in [0.1, 0.15) is 11.5 Å². The number of benzene rings is 3. The third-order valence-electron chi connectivity index (χ3n) is 5.24. The van der Waals surface area contributed by atoms with Gasteiger partial charge in [0, 0.05) is 36.0 Å². The minimum absolute atomic E-state index is 0.327. The van der Waals surface area contributed by atoms with Gasteiger partial charge in [-0.15, -0.1) is 0 Å². The van der Waals surface area contributed by atoms with Gasteiger partial charge in [0.05, 0.1) is 37.5 Å². The van der Waals surface area contributed by atoms with Gasteiger partial charge in [0.2, 0.25) is 0 Å². The van der Waals surface area contributed by atoms with E-state index in [1.807, 2.05) is 60.7 Å². The molecule has 0 unspecified atom stereocenters. The van der Waals surface area contributed by atoms with Crippen LogP contribution in [0.5, 0.6) is 11.5 Å². The molecule has 0 aliphatic carbocycles. The van der Waals surface area contributed by atoms with Gasteiger partial charge in [0.15, 0.2) is 0 Å². The lowest BCUT2D eigenvalue weighted by Gasteiger charge is -2.15. The molecule has 0 saturated carbocycles. The molecule has 4 aromatic rings. The lowest BCUT2D eigenvalue weighted by Crippen LogP contribution is -2.20. The van der Waals surface area contributed by atoms with Crippen LogP contribution in [0, 0.1) is 0 Å². The third-order valence-corrected chi connectivity index (χ3v) is 5.24. The van der Waals surface area contributed by atoms with Gasteiger partial charge in [-0.1, -0.05) is 12.1 Å². The zero-order valence-electron chi connectivity index (χ0n) is 18.3. The van der Waals surface area contributed by atoms with Crippen molar-refractivity contribution < 1.29 is 19.0 Å². The second kappa shape index (κ2) is 9.43. The molecule has 7 heteroatoms. The minimum Gasteiger partial charge on any atom is -0.497 e. The number of ether oxygens (including phenoxy) is 3. The van der Waals surface area contributed by atoms with Crippen molar-refractivity contribution in [1.29, 1.82) is 0 Å². The van der Waals surface area contributed by atoms with Gasteiger partial charge >= 0.3 is 6.09 Å². The van der Waals surface area contributed by atoms with Crippen molar-refractivity contribution in [2.24, 2.45) is 0 Å². The summed E-state index contributed by atoms with van der Waals surface area (Å²) in [6.45, 7) is 0.327. The molecule has 0 saturated heterocycles. The Labute approximate surface area is 186 Å². The van der Waals surface area contributed by atoms with Crippen LogP contribution in [0.1, 0.15) is 5.56 Å². The number of alkyl carbamates (subject to hydrolysis) is 1. The van der Waals surface area contributed by atoms with E-state index in [2.05, 4.69) is 10.6 Å². The summed E-state index contributed by atoms with van der Waals surface area (Å²) in [6, 6.07) is 19.8. The van der Waals surface area contributed by atoms with E-state index in [9.17, 15) is 4.79 Å². The Kier molecular flexibility index (Phi) is 6.26. The van der Waals surface area contributed by atoms with Gasteiger partial charge in [-0.25, -0.2) is 9.78 Å². The Hall–Kier alpha value is -4.00. The molecule has 0 aliphatic heterocycles. The van der Waals surface area contributed by atoms with Gasteiger partial charge in [0.25, 0.3) is 0 Å². The van der Waals surface area contributed by atoms with Crippen LogP contribution in [-0.4, -0.2) is 39.0 Å². The molecule has 32 heavy (non-hydrogen) atoms. The quantitative estimate of drug-likeness (QED) is 0.399. The van der Waals surface area contributed by atoms with Crippen molar-refractivity contribution in [3.63, 3.8) is 0 Å². The predicted molar refractivity (Wildman–Crippen MR) is 126 cm³/mol. The number of carbonyl (C=O) groups excluding carboxylic acids is 1. The monoisotopic (exact) mass is 431 g/mol. The summed E-state index contributed by atoms with van der Waals surface area (Å²) in [5.41, 5.74) is 4.66. The highest BCUT2D eigenvalue weighted by molar-refractivity contribution is 6.09. The largest absolute Gasteiger partial charge is 0.497 e. The van der Waals surface area contributed by atoms with Crippen molar-refractivity contribution in [2.75, 3.05) is 33.2 Å². The zero-order chi connectivity index (χ0) is 22.5. The molecule has 164 valence electrons. The SMILES string of the molecule is CNC(=O)OCCc1ccc(Nc2c3ccc(OC)cc3nc3ccc(OC)cc23)cc1. The molecule has 2 N–H and O–H groups in total. The lowest BCUT2D eigenvalue weighted by molar-refractivity contribution is 0.150. The number of methoxy groups -OCH3 is 2. The van der Waals surface area contributed by atoms with E-state index in [1.54, 1.807) is 21.3 Å². The first-order chi connectivity index (χ1) is 15.6. The number of rotatable bonds is 7. The summed E-state index contributed by atoms with van der Waals surface area (Å²) in [4.78, 5) is 16.0. The first-order valence-electron chi connectivity index (χ1n) is 10.3. The second-order valence-electron chi connectivity index (χ2n) is 7.21. The Balaban J connectivity index is 1.68. The number of pyridine rings is 1. The number of aromatic nitrogens is 1. The fourth-order valence-corrected chi connectivity index (χ4v) is 3.52. The Morgan fingerprint density at radius 3 is 2.31 bits per heavy atom. The number of fused-ring (bicyclic) bond motifs is 2. The Bertz CT molecular complexity index is 1260. The molecule has 4 rings (SSSR count). The molecule has 0 spiro atoms. The molecule has 0 fully saturated rings. The number of carbonyl (C=O) groups is 1. The number of amides is 1. The first kappa shape index (κ1) is 21.2. The van der Waals surface area contributed by atoms with E-state index in [-0.39, 0.29) is 0 Å². The maximum atomic E-state index is 11.2. The highest BCUT2D eigenvalue weighted by atomic mass is 16.5. The van der Waals surface area contributed by atoms with Crippen LogP contribution in [0.15, 0.2) is 60.7 Å². The smallest absolute Gasteiger partial charge is 0.406 e. The molecule has 1 heterocycles. The van der Waals surface area contributed by atoms with Gasteiger partial charge in [-0.2, -0.15) is 0 Å². The average Bonchev–Trinajstić information content (AvgIpc) is 2.84. The van der Waals surface area contributed by atoms with E-state index >= 15 is 0 Å². The van der Waals surface area contributed by atoms with E-state index in [1.165, 1.54) is 0 Å². The predicted octanol–water partition coefficient (Wildman–Crippen LogP) is 5.05. The van der Waals surface area contributed by atoms with Crippen LogP contribution >= 0.6 is 0 Å². The average molecular weight is 431 g/mol. The highest BCUT2D eigenvalue weighted by Crippen LogP contribution is 2.36. The van der Waals surface area contributed by atoms with Crippen molar-refractivity contribution >= 4 is 39.3 Å². The van der Waals surface area contributed by atoms with Crippen LogP contribution in [0.25, 0.3) is 21.8 Å². The van der Waals surface area contributed by atoms with Crippen LogP contribution in [0.2, 0.25) is 0 Å². The zero-order valence-corrected chi connectivity index (χ0v) is 18.3. The van der Waals surface area contributed by atoms with E-state index in [0.717, 1.165) is 50.2 Å². The lowest BCUT2D eigenvalue weighted by atomic mass is 10.1. The molecule has 1 aromatic heterocycles. The minimum atomic E-state index is -0.424. The van der Waals surface area contributed by atoms with Crippen molar-refractivity contribution in [3.8, 4) is 11.5 Å². The molecule has 0 radical (unpaired) electrons. The normalized spacial score (nSPS) is 10.7. The first-order valence-corrected chi connectivity index (χ1v) is 10.3. The van der Waals surface area contributed by atoms with Crippen molar-refractivity contribution in [1.82, 2.24) is 10.3 Å². The molecule has 7 nitrogen and oxygen atoms in total. The summed E-state index contributed by atoms with van der Waals surface area (Å²) in [6.07, 6.45) is 0.220. The molecule has 0 atom stereocenters. The topological polar surface area (TPSA) is 81.7 Å². The molecule has 0 aliphatic rings. The highest BCUT2D eigenvalue weighted by Gasteiger charge is 2.12. The maximum absolute atomic E-state index is 11.2. The summed E-state index contributed by atoms with van der Waals surface area (Å²) >= 11 is 0. The summed E-state index contributed by atoms with van der Waals surface area (Å²) in [5, 5.41) is 7.94. The van der Waals surface area contributed by atoms with Crippen LogP contribution in [0.3, 0.4) is 0 Å². The standard InChI is InChI=1S/C25H25N3O4/c1-26-25(29)32-13-12-16-4-6-17(7-5-16)27-24-20-10-8-19(31-3)15-23(20)28-22-11-9-18(30-2)14-21(22)24/h4-11,14-15H,12-13H2,1-3H3,(H,26,29)(H,27,28). The van der Waals surface area contributed by atoms with Crippen LogP contribution in [-0.2, 0) is 11.2 Å². The van der Waals surface area contributed by atoms with E-state index in [0.29, 0.717) is 13.0 Å². The Morgan fingerprint density at radius 2 is 1.59 bits per heavy atom. The van der Waals surface area contributed by atoms with Crippen LogP contribution < -0.4 is 20.1 Å². The maximum Gasteiger partial charge on any atom is 0.406 e. The molecule has 0 bridgehead atoms. The number of anilines is 2. The number of hydrogen-bond acceptors (Lipinski definition) is 6. The van der Waals surface area contributed by atoms with Crippen molar-refractivity contribution in [2.45, 2.75) is 6.42 Å². The summed E-state index contributed by atoms with van der Waals surface area (Å²) in [7, 11) is 4.84. The fraction of sp³-hybridized carbons (Fsp3) is 0.200. The third kappa shape index (κ3) is 4.51. The number of nitrogens with one attached hydrogen (secondary N) is 2. The van der Waals surface area contributed by atoms with Gasteiger partial charge < -0.3 is 24.8 Å². The van der Waals surface area contributed by atoms with Gasteiger partial charge in [-0.3, -0.25) is 0 Å².